The highest BCUT2D eigenvalue weighted by Gasteiger charge is 2.06. The van der Waals surface area contributed by atoms with Gasteiger partial charge in [0.2, 0.25) is 0 Å². The van der Waals surface area contributed by atoms with Crippen molar-refractivity contribution in [2.24, 2.45) is 0 Å². The Balaban J connectivity index is 4.19. The van der Waals surface area contributed by atoms with Crippen LogP contribution in [-0.4, -0.2) is 11.1 Å². The summed E-state index contributed by atoms with van der Waals surface area (Å²) in [4.78, 5) is 10.3. The van der Waals surface area contributed by atoms with Gasteiger partial charge in [-0.05, 0) is 22.4 Å². The largest absolute Gasteiger partial charge is 0.477 e. The molecule has 0 spiro atoms. The number of allylic oxidation sites excluding steroid dienone is 1. The summed E-state index contributed by atoms with van der Waals surface area (Å²) in [6.07, 6.45) is 1.69. The molecule has 0 aliphatic heterocycles. The van der Waals surface area contributed by atoms with Crippen molar-refractivity contribution in [1.82, 2.24) is 0 Å². The number of aliphatic carboxylic acids is 1. The Bertz CT molecular complexity index is 163. The number of hydrogen-bond donors (Lipinski definition) is 1. The normalized spacial score (nSPS) is 12.7. The maximum atomic E-state index is 10.3. The fraction of sp³-hybridized carbons (Fsp3) is 0.500. The van der Waals surface area contributed by atoms with Gasteiger partial charge in [-0.2, -0.15) is 0 Å². The standard InChI is InChI=1S/C6H8Br2O2/c1-2-3-4(7)5(8)6(9)10/h2-3H2,1H3,(H,9,10)/b5-4-. The van der Waals surface area contributed by atoms with Gasteiger partial charge in [-0.3, -0.25) is 0 Å². The molecule has 4 heteroatoms. The summed E-state index contributed by atoms with van der Waals surface area (Å²) in [6, 6.07) is 0. The second-order valence-corrected chi connectivity index (χ2v) is 3.52. The lowest BCUT2D eigenvalue weighted by Gasteiger charge is -1.96. The van der Waals surface area contributed by atoms with Crippen LogP contribution in [0.1, 0.15) is 19.8 Å². The summed E-state index contributed by atoms with van der Waals surface area (Å²) < 4.78 is 0.928. The van der Waals surface area contributed by atoms with E-state index in [0.717, 1.165) is 12.8 Å². The SMILES string of the molecule is CCC/C(Br)=C(/Br)C(=O)O. The molecule has 0 radical (unpaired) electrons. The molecular weight excluding hydrogens is 264 g/mol. The van der Waals surface area contributed by atoms with E-state index in [9.17, 15) is 4.79 Å². The summed E-state index contributed by atoms with van der Waals surface area (Å²) in [5.74, 6) is -0.930. The Kier molecular flexibility index (Phi) is 4.99. The van der Waals surface area contributed by atoms with Gasteiger partial charge < -0.3 is 5.11 Å². The van der Waals surface area contributed by atoms with E-state index in [-0.39, 0.29) is 4.48 Å². The molecule has 0 fully saturated rings. The molecule has 1 N–H and O–H groups in total. The predicted octanol–water partition coefficient (Wildman–Crippen LogP) is 2.87. The fourth-order valence-corrected chi connectivity index (χ4v) is 1.21. The molecule has 0 aromatic heterocycles. The fourth-order valence-electron chi connectivity index (χ4n) is 0.445. The van der Waals surface area contributed by atoms with Crippen molar-refractivity contribution in [2.75, 3.05) is 0 Å². The summed E-state index contributed by atoms with van der Waals surface area (Å²) in [5, 5.41) is 8.44. The van der Waals surface area contributed by atoms with Crippen molar-refractivity contribution >= 4 is 37.8 Å². The first-order valence-corrected chi connectivity index (χ1v) is 4.45. The summed E-state index contributed by atoms with van der Waals surface area (Å²) in [6.45, 7) is 1.99. The monoisotopic (exact) mass is 270 g/mol. The molecule has 0 bridgehead atoms. The Morgan fingerprint density at radius 3 is 2.30 bits per heavy atom. The highest BCUT2D eigenvalue weighted by atomic mass is 79.9. The third kappa shape index (κ3) is 3.37. The van der Waals surface area contributed by atoms with Gasteiger partial charge in [-0.1, -0.05) is 29.3 Å². The van der Waals surface area contributed by atoms with E-state index in [2.05, 4.69) is 31.9 Å². The highest BCUT2D eigenvalue weighted by molar-refractivity contribution is 9.14. The van der Waals surface area contributed by atoms with Crippen LogP contribution in [0.5, 0.6) is 0 Å². The quantitative estimate of drug-likeness (QED) is 0.802. The van der Waals surface area contributed by atoms with Crippen LogP contribution in [0.25, 0.3) is 0 Å². The third-order valence-electron chi connectivity index (χ3n) is 0.895. The van der Waals surface area contributed by atoms with E-state index < -0.39 is 5.97 Å². The van der Waals surface area contributed by atoms with E-state index in [1.165, 1.54) is 0 Å². The maximum Gasteiger partial charge on any atom is 0.343 e. The zero-order valence-corrected chi connectivity index (χ0v) is 8.70. The van der Waals surface area contributed by atoms with Gasteiger partial charge in [-0.15, -0.1) is 0 Å². The van der Waals surface area contributed by atoms with Crippen molar-refractivity contribution in [3.63, 3.8) is 0 Å². The molecule has 0 amide bonds. The van der Waals surface area contributed by atoms with E-state index in [0.29, 0.717) is 4.48 Å². The molecule has 0 atom stereocenters. The number of halogens is 2. The average molecular weight is 272 g/mol. The van der Waals surface area contributed by atoms with Gasteiger partial charge in [0, 0.05) is 4.48 Å². The van der Waals surface area contributed by atoms with Crippen LogP contribution >= 0.6 is 31.9 Å². The second kappa shape index (κ2) is 4.91. The number of carboxylic acid groups (broad SMARTS) is 1. The molecule has 0 aliphatic rings. The minimum atomic E-state index is -0.930. The van der Waals surface area contributed by atoms with Crippen molar-refractivity contribution < 1.29 is 9.90 Å². The number of rotatable bonds is 3. The van der Waals surface area contributed by atoms with E-state index in [1.54, 1.807) is 0 Å². The van der Waals surface area contributed by atoms with Crippen LogP contribution in [0.2, 0.25) is 0 Å². The molecule has 0 rings (SSSR count). The highest BCUT2D eigenvalue weighted by Crippen LogP contribution is 2.22. The van der Waals surface area contributed by atoms with Crippen molar-refractivity contribution in [2.45, 2.75) is 19.8 Å². The lowest BCUT2D eigenvalue weighted by Crippen LogP contribution is -1.95. The Morgan fingerprint density at radius 2 is 2.00 bits per heavy atom. The van der Waals surface area contributed by atoms with Crippen molar-refractivity contribution in [1.29, 1.82) is 0 Å². The van der Waals surface area contributed by atoms with Crippen molar-refractivity contribution in [3.8, 4) is 0 Å². The van der Waals surface area contributed by atoms with Gasteiger partial charge in [-0.25, -0.2) is 4.79 Å². The lowest BCUT2D eigenvalue weighted by atomic mass is 10.3. The van der Waals surface area contributed by atoms with E-state index in [4.69, 9.17) is 5.11 Å². The molecule has 2 nitrogen and oxygen atoms in total. The van der Waals surface area contributed by atoms with E-state index >= 15 is 0 Å². The van der Waals surface area contributed by atoms with E-state index in [1.807, 2.05) is 6.92 Å². The van der Waals surface area contributed by atoms with Gasteiger partial charge in [0.05, 0.1) is 0 Å². The number of carbonyl (C=O) groups is 1. The molecular formula is C6H8Br2O2. The number of hydrogen-bond acceptors (Lipinski definition) is 1. The first-order chi connectivity index (χ1) is 4.59. The molecule has 0 heterocycles. The van der Waals surface area contributed by atoms with Crippen LogP contribution in [0, 0.1) is 0 Å². The zero-order chi connectivity index (χ0) is 8.15. The molecule has 0 saturated carbocycles. The molecule has 10 heavy (non-hydrogen) atoms. The summed E-state index contributed by atoms with van der Waals surface area (Å²) >= 11 is 6.10. The minimum absolute atomic E-state index is 0.217. The van der Waals surface area contributed by atoms with Gasteiger partial charge in [0.25, 0.3) is 0 Å². The van der Waals surface area contributed by atoms with Crippen LogP contribution in [-0.2, 0) is 4.79 Å². The topological polar surface area (TPSA) is 37.3 Å². The van der Waals surface area contributed by atoms with Gasteiger partial charge >= 0.3 is 5.97 Å². The third-order valence-corrected chi connectivity index (χ3v) is 3.04. The second-order valence-electron chi connectivity index (χ2n) is 1.77. The molecule has 0 unspecified atom stereocenters. The molecule has 0 aromatic rings. The van der Waals surface area contributed by atoms with Crippen LogP contribution < -0.4 is 0 Å². The summed E-state index contributed by atoms with van der Waals surface area (Å²) in [7, 11) is 0. The maximum absolute atomic E-state index is 10.3. The zero-order valence-electron chi connectivity index (χ0n) is 5.53. The molecule has 58 valence electrons. The van der Waals surface area contributed by atoms with Gasteiger partial charge in [0.15, 0.2) is 0 Å². The molecule has 0 aliphatic carbocycles. The van der Waals surface area contributed by atoms with Crippen LogP contribution in [0.15, 0.2) is 8.96 Å². The number of carboxylic acids is 1. The predicted molar refractivity (Wildman–Crippen MR) is 47.4 cm³/mol. The van der Waals surface area contributed by atoms with Crippen LogP contribution in [0.3, 0.4) is 0 Å². The minimum Gasteiger partial charge on any atom is -0.477 e. The first kappa shape index (κ1) is 10.2. The lowest BCUT2D eigenvalue weighted by molar-refractivity contribution is -0.131. The van der Waals surface area contributed by atoms with Crippen molar-refractivity contribution in [3.05, 3.63) is 8.96 Å². The molecule has 0 aromatic carbocycles. The Morgan fingerprint density at radius 1 is 1.50 bits per heavy atom. The average Bonchev–Trinajstić information content (AvgIpc) is 1.87. The Labute approximate surface area is 76.6 Å². The summed E-state index contributed by atoms with van der Waals surface area (Å²) in [5.41, 5.74) is 0. The smallest absolute Gasteiger partial charge is 0.343 e. The van der Waals surface area contributed by atoms with Gasteiger partial charge in [0.1, 0.15) is 4.48 Å². The molecule has 0 saturated heterocycles. The first-order valence-electron chi connectivity index (χ1n) is 2.87. The van der Waals surface area contributed by atoms with Crippen LogP contribution in [0.4, 0.5) is 0 Å². The Hall–Kier alpha value is 0.170.